The van der Waals surface area contributed by atoms with E-state index >= 15 is 0 Å². The molecule has 0 amide bonds. The van der Waals surface area contributed by atoms with Crippen molar-refractivity contribution >= 4 is 40.1 Å². The normalized spacial score (nSPS) is 9.88. The molecule has 4 rings (SSSR count). The van der Waals surface area contributed by atoms with Crippen LogP contribution in [0.4, 0.5) is 0 Å². The summed E-state index contributed by atoms with van der Waals surface area (Å²) in [5, 5.41) is 32.5. The van der Waals surface area contributed by atoms with Crippen molar-refractivity contribution in [2.45, 2.75) is 53.4 Å². The van der Waals surface area contributed by atoms with Crippen molar-refractivity contribution in [3.05, 3.63) is 62.4 Å². The van der Waals surface area contributed by atoms with E-state index in [9.17, 15) is 0 Å². The first kappa shape index (κ1) is 38.6. The smallest absolute Gasteiger partial charge is 0.423 e. The van der Waals surface area contributed by atoms with E-state index in [2.05, 4.69) is 36.6 Å². The summed E-state index contributed by atoms with van der Waals surface area (Å²) in [5.41, 5.74) is 3.15. The molecular formula is C23H33BBrClN4O9Y. The second-order valence-electron chi connectivity index (χ2n) is 7.76. The van der Waals surface area contributed by atoms with Gasteiger partial charge in [-0.15, -0.1) is 11.6 Å². The molecule has 40 heavy (non-hydrogen) atoms. The molecule has 4 aromatic rings. The molecule has 0 unspecified atom stereocenters. The summed E-state index contributed by atoms with van der Waals surface area (Å²) in [6.45, 7) is 8.37. The Labute approximate surface area is 271 Å². The standard InChI is InChI=1S/C6H10BNO4.C6H8BrNO2.C6H9NO2.C5H6ClNO.Y/c1-4-6(7(9)10)5(3-11-2)8-12-4;1-4-6(7)5(3-9-2)8-10-4;1-5-3-6(4-8-2)7-9-5;1-4-2-5(3-6)7-8-4;/h9-10H,3H2,1-2H3;3H2,1-2H3;3H,4H2,1-2H3;2H,3H2,1H3;. The average molecular weight is 725 g/mol. The van der Waals surface area contributed by atoms with Crippen molar-refractivity contribution in [2.24, 2.45) is 0 Å². The van der Waals surface area contributed by atoms with E-state index < -0.39 is 7.12 Å². The SMILES string of the molecule is COCc1cc(C)on1.COCc1noc(C)c1B(O)O.COCc1noc(C)c1Br.Cc1cc(CCl)no1.[Y]. The molecule has 0 spiro atoms. The number of aromatic nitrogens is 4. The fraction of sp³-hybridized carbons (Fsp3) is 0.478. The molecule has 0 aliphatic rings. The van der Waals surface area contributed by atoms with E-state index in [0.29, 0.717) is 30.5 Å². The van der Waals surface area contributed by atoms with Gasteiger partial charge in [-0.3, -0.25) is 0 Å². The van der Waals surface area contributed by atoms with E-state index in [4.69, 9.17) is 54.0 Å². The van der Waals surface area contributed by atoms with Crippen LogP contribution >= 0.6 is 27.5 Å². The van der Waals surface area contributed by atoms with Gasteiger partial charge < -0.3 is 42.4 Å². The summed E-state index contributed by atoms with van der Waals surface area (Å²) in [5.74, 6) is 3.24. The third-order valence-corrected chi connectivity index (χ3v) is 5.73. The van der Waals surface area contributed by atoms with Crippen LogP contribution in [0.15, 0.2) is 34.7 Å². The maximum Gasteiger partial charge on any atom is 0.494 e. The van der Waals surface area contributed by atoms with Gasteiger partial charge in [-0.2, -0.15) is 0 Å². The Morgan fingerprint density at radius 2 is 1.23 bits per heavy atom. The molecule has 0 aliphatic carbocycles. The van der Waals surface area contributed by atoms with Crippen LogP contribution in [-0.4, -0.2) is 59.1 Å². The third-order valence-electron chi connectivity index (χ3n) is 4.44. The van der Waals surface area contributed by atoms with Gasteiger partial charge >= 0.3 is 7.12 Å². The Bertz CT molecular complexity index is 1220. The van der Waals surface area contributed by atoms with Gasteiger partial charge in [-0.05, 0) is 43.6 Å². The topological polar surface area (TPSA) is 172 Å². The van der Waals surface area contributed by atoms with Gasteiger partial charge in [0.05, 0.1) is 41.3 Å². The van der Waals surface area contributed by atoms with Crippen molar-refractivity contribution in [2.75, 3.05) is 21.3 Å². The fourth-order valence-corrected chi connectivity index (χ4v) is 3.13. The van der Waals surface area contributed by atoms with Crippen LogP contribution in [0.5, 0.6) is 0 Å². The number of hydrogen-bond acceptors (Lipinski definition) is 13. The predicted molar refractivity (Wildman–Crippen MR) is 144 cm³/mol. The molecule has 0 saturated heterocycles. The number of aryl methyl sites for hydroxylation is 4. The van der Waals surface area contributed by atoms with Crippen molar-refractivity contribution in [3.63, 3.8) is 0 Å². The quantitative estimate of drug-likeness (QED) is 0.200. The molecule has 2 N–H and O–H groups in total. The Morgan fingerprint density at radius 3 is 1.60 bits per heavy atom. The minimum absolute atomic E-state index is 0. The maximum atomic E-state index is 8.90. The average Bonchev–Trinajstić information content (AvgIpc) is 3.67. The van der Waals surface area contributed by atoms with Crippen molar-refractivity contribution < 1.29 is 75.1 Å². The number of nitrogens with zero attached hydrogens (tertiary/aromatic N) is 4. The van der Waals surface area contributed by atoms with Gasteiger partial charge in [0.15, 0.2) is 0 Å². The van der Waals surface area contributed by atoms with E-state index in [-0.39, 0.29) is 44.8 Å². The number of ether oxygens (including phenoxy) is 3. The van der Waals surface area contributed by atoms with E-state index in [1.165, 1.54) is 7.11 Å². The maximum absolute atomic E-state index is 8.90. The van der Waals surface area contributed by atoms with Crippen LogP contribution in [0.2, 0.25) is 0 Å². The van der Waals surface area contributed by atoms with E-state index in [0.717, 1.165) is 38.8 Å². The van der Waals surface area contributed by atoms with Crippen LogP contribution < -0.4 is 5.46 Å². The molecule has 0 atom stereocenters. The molecule has 13 nitrogen and oxygen atoms in total. The summed E-state index contributed by atoms with van der Waals surface area (Å²) in [6, 6.07) is 3.66. The van der Waals surface area contributed by atoms with E-state index in [1.54, 1.807) is 21.1 Å². The molecule has 4 aromatic heterocycles. The van der Waals surface area contributed by atoms with Crippen LogP contribution in [0.25, 0.3) is 0 Å². The summed E-state index contributed by atoms with van der Waals surface area (Å²) < 4.78 is 34.5. The third kappa shape index (κ3) is 14.0. The molecule has 0 aromatic carbocycles. The van der Waals surface area contributed by atoms with Crippen molar-refractivity contribution in [1.29, 1.82) is 0 Å². The number of alkyl halides is 1. The van der Waals surface area contributed by atoms with Crippen molar-refractivity contribution in [1.82, 2.24) is 20.6 Å². The van der Waals surface area contributed by atoms with Crippen LogP contribution in [0.1, 0.15) is 45.8 Å². The molecule has 219 valence electrons. The summed E-state index contributed by atoms with van der Waals surface area (Å²) in [7, 11) is 3.19. The second kappa shape index (κ2) is 21.3. The molecule has 17 heteroatoms. The predicted octanol–water partition coefficient (Wildman–Crippen LogP) is 3.55. The molecule has 0 bridgehead atoms. The largest absolute Gasteiger partial charge is 0.494 e. The number of hydrogen-bond donors (Lipinski definition) is 2. The minimum Gasteiger partial charge on any atom is -0.423 e. The molecule has 0 saturated carbocycles. The summed E-state index contributed by atoms with van der Waals surface area (Å²) >= 11 is 8.73. The van der Waals surface area contributed by atoms with Crippen LogP contribution in [-0.2, 0) is 72.6 Å². The first-order chi connectivity index (χ1) is 18.6. The van der Waals surface area contributed by atoms with Gasteiger partial charge in [0.25, 0.3) is 0 Å². The monoisotopic (exact) mass is 723 g/mol. The Morgan fingerprint density at radius 1 is 0.750 bits per heavy atom. The zero-order valence-corrected chi connectivity index (χ0v) is 28.6. The van der Waals surface area contributed by atoms with Gasteiger partial charge in [0.2, 0.25) is 0 Å². The summed E-state index contributed by atoms with van der Waals surface area (Å²) in [6.07, 6.45) is 0. The van der Waals surface area contributed by atoms with E-state index in [1.807, 2.05) is 32.9 Å². The summed E-state index contributed by atoms with van der Waals surface area (Å²) in [4.78, 5) is 0. The minimum atomic E-state index is -1.55. The van der Waals surface area contributed by atoms with Crippen LogP contribution in [0, 0.1) is 27.7 Å². The number of methoxy groups -OCH3 is 3. The van der Waals surface area contributed by atoms with Crippen molar-refractivity contribution in [3.8, 4) is 0 Å². The molecular weight excluding hydrogens is 691 g/mol. The Kier molecular flexibility index (Phi) is 20.5. The molecule has 1 radical (unpaired) electrons. The van der Waals surface area contributed by atoms with Gasteiger partial charge in [0, 0.05) is 66.2 Å². The fourth-order valence-electron chi connectivity index (χ4n) is 2.74. The van der Waals surface area contributed by atoms with Crippen LogP contribution in [0.3, 0.4) is 0 Å². The van der Waals surface area contributed by atoms with Gasteiger partial charge in [-0.1, -0.05) is 20.6 Å². The first-order valence-corrected chi connectivity index (χ1v) is 12.7. The van der Waals surface area contributed by atoms with Gasteiger partial charge in [0.1, 0.15) is 40.1 Å². The number of rotatable bonds is 8. The second-order valence-corrected chi connectivity index (χ2v) is 8.82. The zero-order chi connectivity index (χ0) is 29.4. The Hall–Kier alpha value is -1.42. The van der Waals surface area contributed by atoms with Gasteiger partial charge in [-0.25, -0.2) is 0 Å². The zero-order valence-electron chi connectivity index (χ0n) is 23.4. The molecule has 0 fully saturated rings. The Balaban J connectivity index is 0.000000508. The first-order valence-electron chi connectivity index (χ1n) is 11.4. The number of halogens is 2. The molecule has 4 heterocycles. The molecule has 0 aliphatic heterocycles.